The number of rotatable bonds is 4. The number of hydrogen-bond donors (Lipinski definition) is 1. The Labute approximate surface area is 172 Å². The van der Waals surface area contributed by atoms with E-state index in [9.17, 15) is 9.59 Å². The highest BCUT2D eigenvalue weighted by Crippen LogP contribution is 2.38. The second kappa shape index (κ2) is 8.91. The van der Waals surface area contributed by atoms with E-state index in [1.54, 1.807) is 24.3 Å². The summed E-state index contributed by atoms with van der Waals surface area (Å²) in [5.74, 6) is -0.721. The first-order valence-electron chi connectivity index (χ1n) is 8.66. The number of fused-ring (bicyclic) bond motifs is 1. The molecule has 1 amide bonds. The van der Waals surface area contributed by atoms with Gasteiger partial charge in [0, 0.05) is 11.0 Å². The molecule has 1 aromatic carbocycles. The predicted octanol–water partition coefficient (Wildman–Crippen LogP) is 5.76. The second-order valence-corrected chi connectivity index (χ2v) is 8.18. The molecule has 0 atom stereocenters. The smallest absolute Gasteiger partial charge is 0.341 e. The Hall–Kier alpha value is -1.82. The lowest BCUT2D eigenvalue weighted by molar-refractivity contribution is -0.111. The maximum atomic E-state index is 12.4. The molecule has 0 unspecified atom stereocenters. The molecule has 3 rings (SSSR count). The van der Waals surface area contributed by atoms with Crippen LogP contribution in [0.15, 0.2) is 24.3 Å². The number of halogens is 2. The van der Waals surface area contributed by atoms with Crippen LogP contribution in [0.25, 0.3) is 6.08 Å². The van der Waals surface area contributed by atoms with E-state index >= 15 is 0 Å². The number of benzene rings is 1. The van der Waals surface area contributed by atoms with E-state index in [1.807, 2.05) is 0 Å². The highest BCUT2D eigenvalue weighted by atomic mass is 35.5. The van der Waals surface area contributed by atoms with Gasteiger partial charge in [-0.15, -0.1) is 11.3 Å². The summed E-state index contributed by atoms with van der Waals surface area (Å²) in [6.07, 6.45) is 8.11. The summed E-state index contributed by atoms with van der Waals surface area (Å²) in [5.41, 5.74) is 2.28. The molecule has 0 saturated carbocycles. The first-order valence-corrected chi connectivity index (χ1v) is 10.2. The fraction of sp³-hybridized carbons (Fsp3) is 0.300. The van der Waals surface area contributed by atoms with Crippen LogP contribution in [0.1, 0.15) is 45.6 Å². The molecule has 1 heterocycles. The number of nitrogens with one attached hydrogen (secondary N) is 1. The minimum atomic E-state index is -0.404. The number of amides is 1. The Bertz CT molecular complexity index is 905. The molecule has 27 heavy (non-hydrogen) atoms. The normalized spacial score (nSPS) is 13.9. The number of carbonyl (C=O) groups is 2. The largest absolute Gasteiger partial charge is 0.465 e. The molecule has 0 spiro atoms. The Morgan fingerprint density at radius 2 is 1.93 bits per heavy atom. The highest BCUT2D eigenvalue weighted by Gasteiger charge is 2.25. The molecule has 0 bridgehead atoms. The lowest BCUT2D eigenvalue weighted by Gasteiger charge is -2.06. The van der Waals surface area contributed by atoms with Crippen LogP contribution in [0, 0.1) is 0 Å². The van der Waals surface area contributed by atoms with Gasteiger partial charge in [0.25, 0.3) is 0 Å². The standard InChI is InChI=1S/C20H19Cl2NO3S/c1-26-20(25)18-13-5-3-2-4-6-16(13)27-19(18)23-17(24)10-8-12-7-9-14(21)15(22)11-12/h7-11H,2-6H2,1H3,(H,23,24). The van der Waals surface area contributed by atoms with Gasteiger partial charge >= 0.3 is 5.97 Å². The lowest BCUT2D eigenvalue weighted by Crippen LogP contribution is -2.12. The van der Waals surface area contributed by atoms with E-state index in [4.69, 9.17) is 27.9 Å². The van der Waals surface area contributed by atoms with Crippen LogP contribution in [0.5, 0.6) is 0 Å². The van der Waals surface area contributed by atoms with E-state index in [2.05, 4.69) is 5.32 Å². The summed E-state index contributed by atoms with van der Waals surface area (Å²) in [4.78, 5) is 25.8. The fourth-order valence-corrected chi connectivity index (χ4v) is 4.68. The molecule has 4 nitrogen and oxygen atoms in total. The molecule has 1 aromatic heterocycles. The summed E-state index contributed by atoms with van der Waals surface area (Å²) in [5, 5.41) is 4.27. The van der Waals surface area contributed by atoms with Gasteiger partial charge in [-0.1, -0.05) is 35.7 Å². The predicted molar refractivity (Wildman–Crippen MR) is 111 cm³/mol. The van der Waals surface area contributed by atoms with Crippen LogP contribution in [0.2, 0.25) is 10.0 Å². The van der Waals surface area contributed by atoms with E-state index < -0.39 is 5.97 Å². The number of esters is 1. The van der Waals surface area contributed by atoms with E-state index in [1.165, 1.54) is 24.5 Å². The third-order valence-electron chi connectivity index (χ3n) is 4.42. The molecule has 142 valence electrons. The van der Waals surface area contributed by atoms with Crippen LogP contribution in [0.4, 0.5) is 5.00 Å². The van der Waals surface area contributed by atoms with Gasteiger partial charge in [0.15, 0.2) is 0 Å². The first kappa shape index (κ1) is 19.9. The third-order valence-corrected chi connectivity index (χ3v) is 6.36. The highest BCUT2D eigenvalue weighted by molar-refractivity contribution is 7.17. The Morgan fingerprint density at radius 1 is 1.15 bits per heavy atom. The molecule has 1 aliphatic rings. The van der Waals surface area contributed by atoms with Crippen molar-refractivity contribution < 1.29 is 14.3 Å². The number of methoxy groups -OCH3 is 1. The zero-order chi connectivity index (χ0) is 19.4. The van der Waals surface area contributed by atoms with Gasteiger partial charge in [-0.05, 0) is 55.0 Å². The van der Waals surface area contributed by atoms with Gasteiger partial charge in [0.05, 0.1) is 22.7 Å². The van der Waals surface area contributed by atoms with Gasteiger partial charge in [-0.2, -0.15) is 0 Å². The van der Waals surface area contributed by atoms with Gasteiger partial charge in [0.1, 0.15) is 5.00 Å². The van der Waals surface area contributed by atoms with Crippen molar-refractivity contribution in [3.8, 4) is 0 Å². The third kappa shape index (κ3) is 4.72. The van der Waals surface area contributed by atoms with Crippen LogP contribution < -0.4 is 5.32 Å². The summed E-state index contributed by atoms with van der Waals surface area (Å²) < 4.78 is 4.95. The van der Waals surface area contributed by atoms with Gasteiger partial charge < -0.3 is 10.1 Å². The zero-order valence-electron chi connectivity index (χ0n) is 14.8. The molecular weight excluding hydrogens is 405 g/mol. The molecule has 7 heteroatoms. The second-order valence-electron chi connectivity index (χ2n) is 6.26. The number of thiophene rings is 1. The van der Waals surface area contributed by atoms with Gasteiger partial charge in [-0.3, -0.25) is 4.79 Å². The van der Waals surface area contributed by atoms with Crippen molar-refractivity contribution in [2.45, 2.75) is 32.1 Å². The summed E-state index contributed by atoms with van der Waals surface area (Å²) in [6, 6.07) is 5.12. The first-order chi connectivity index (χ1) is 13.0. The average Bonchev–Trinajstić information content (AvgIpc) is 2.82. The number of ether oxygens (including phenoxy) is 1. The molecule has 0 fully saturated rings. The maximum absolute atomic E-state index is 12.4. The molecule has 2 aromatic rings. The Kier molecular flexibility index (Phi) is 6.58. The van der Waals surface area contributed by atoms with Crippen molar-refractivity contribution in [3.63, 3.8) is 0 Å². The Balaban J connectivity index is 1.81. The quantitative estimate of drug-likeness (QED) is 0.386. The number of anilines is 1. The topological polar surface area (TPSA) is 55.4 Å². The van der Waals surface area contributed by atoms with E-state index in [0.717, 1.165) is 48.1 Å². The zero-order valence-corrected chi connectivity index (χ0v) is 17.1. The average molecular weight is 424 g/mol. The van der Waals surface area contributed by atoms with Gasteiger partial charge in [0.2, 0.25) is 5.91 Å². The summed E-state index contributed by atoms with van der Waals surface area (Å²) in [6.45, 7) is 0. The fourth-order valence-electron chi connectivity index (χ4n) is 3.09. The van der Waals surface area contributed by atoms with Crippen molar-refractivity contribution in [1.82, 2.24) is 0 Å². The number of hydrogen-bond acceptors (Lipinski definition) is 4. The number of aryl methyl sites for hydroxylation is 1. The van der Waals surface area contributed by atoms with Crippen LogP contribution in [0.3, 0.4) is 0 Å². The lowest BCUT2D eigenvalue weighted by atomic mass is 10.1. The van der Waals surface area contributed by atoms with Crippen molar-refractivity contribution in [2.24, 2.45) is 0 Å². The molecule has 0 saturated heterocycles. The van der Waals surface area contributed by atoms with Gasteiger partial charge in [-0.25, -0.2) is 4.79 Å². The maximum Gasteiger partial charge on any atom is 0.341 e. The van der Waals surface area contributed by atoms with Crippen molar-refractivity contribution in [3.05, 3.63) is 55.9 Å². The minimum absolute atomic E-state index is 0.317. The van der Waals surface area contributed by atoms with E-state index in [-0.39, 0.29) is 5.91 Å². The summed E-state index contributed by atoms with van der Waals surface area (Å²) >= 11 is 13.3. The molecule has 0 radical (unpaired) electrons. The summed E-state index contributed by atoms with van der Waals surface area (Å²) in [7, 11) is 1.36. The van der Waals surface area contributed by atoms with Crippen molar-refractivity contribution in [2.75, 3.05) is 12.4 Å². The monoisotopic (exact) mass is 423 g/mol. The molecule has 1 N–H and O–H groups in total. The Morgan fingerprint density at radius 3 is 2.67 bits per heavy atom. The number of carbonyl (C=O) groups excluding carboxylic acids is 2. The molecule has 0 aliphatic heterocycles. The van der Waals surface area contributed by atoms with Crippen LogP contribution in [-0.4, -0.2) is 19.0 Å². The van der Waals surface area contributed by atoms with Crippen molar-refractivity contribution >= 4 is 57.5 Å². The molecular formula is C20H19Cl2NO3S. The van der Waals surface area contributed by atoms with Crippen LogP contribution in [-0.2, 0) is 22.4 Å². The van der Waals surface area contributed by atoms with E-state index in [0.29, 0.717) is 20.6 Å². The SMILES string of the molecule is COC(=O)c1c(NC(=O)C=Cc2ccc(Cl)c(Cl)c2)sc2c1CCCCC2. The molecule has 1 aliphatic carbocycles. The minimum Gasteiger partial charge on any atom is -0.465 e. The van der Waals surface area contributed by atoms with Crippen molar-refractivity contribution in [1.29, 1.82) is 0 Å². The van der Waals surface area contributed by atoms with Crippen LogP contribution >= 0.6 is 34.5 Å².